The van der Waals surface area contributed by atoms with Crippen LogP contribution in [0.4, 0.5) is 10.1 Å². The van der Waals surface area contributed by atoms with Crippen molar-refractivity contribution in [1.29, 1.82) is 0 Å². The van der Waals surface area contributed by atoms with Crippen LogP contribution in [0.5, 0.6) is 0 Å². The standard InChI is InChI=1S/C26H24FN3O3S2/c27-19-11-12-21-23(29-33-24(21)15-19)9-3-4-13-28-16-18-6-5-7-20(14-18)30-35(31,32)26-17-34-25-10-2-1-8-22(25)26/h1-2,5-8,10-12,14-15,17,28,30H,3-4,9,13,16H2. The minimum atomic E-state index is -3.68. The number of anilines is 1. The van der Waals surface area contributed by atoms with Crippen LogP contribution in [0.3, 0.4) is 0 Å². The molecule has 0 saturated carbocycles. The van der Waals surface area contributed by atoms with Gasteiger partial charge in [-0.15, -0.1) is 11.3 Å². The minimum Gasteiger partial charge on any atom is -0.356 e. The van der Waals surface area contributed by atoms with Crippen LogP contribution in [-0.4, -0.2) is 20.1 Å². The Morgan fingerprint density at radius 1 is 0.971 bits per heavy atom. The number of unbranched alkanes of at least 4 members (excludes halogenated alkanes) is 1. The number of hydrogen-bond donors (Lipinski definition) is 2. The molecule has 2 N–H and O–H groups in total. The highest BCUT2D eigenvalue weighted by Crippen LogP contribution is 2.30. The number of nitrogens with one attached hydrogen (secondary N) is 2. The van der Waals surface area contributed by atoms with E-state index in [1.165, 1.54) is 23.5 Å². The molecule has 5 rings (SSSR count). The third kappa shape index (κ3) is 5.37. The van der Waals surface area contributed by atoms with E-state index < -0.39 is 10.0 Å². The number of aromatic nitrogens is 1. The summed E-state index contributed by atoms with van der Waals surface area (Å²) in [5.41, 5.74) is 2.85. The first-order chi connectivity index (χ1) is 17.0. The van der Waals surface area contributed by atoms with E-state index in [1.807, 2.05) is 42.5 Å². The van der Waals surface area contributed by atoms with Gasteiger partial charge in [0.25, 0.3) is 10.0 Å². The quantitative estimate of drug-likeness (QED) is 0.222. The molecule has 0 aliphatic heterocycles. The van der Waals surface area contributed by atoms with Gasteiger partial charge in [-0.05, 0) is 61.7 Å². The first kappa shape index (κ1) is 23.5. The molecule has 35 heavy (non-hydrogen) atoms. The van der Waals surface area contributed by atoms with Crippen LogP contribution in [0.15, 0.2) is 81.5 Å². The van der Waals surface area contributed by atoms with Gasteiger partial charge < -0.3 is 9.84 Å². The van der Waals surface area contributed by atoms with Crippen molar-refractivity contribution >= 4 is 48.1 Å². The smallest absolute Gasteiger partial charge is 0.263 e. The molecule has 2 aromatic heterocycles. The zero-order valence-electron chi connectivity index (χ0n) is 18.8. The molecule has 0 aliphatic carbocycles. The monoisotopic (exact) mass is 509 g/mol. The normalized spacial score (nSPS) is 11.9. The molecule has 0 amide bonds. The number of aryl methyl sites for hydroxylation is 1. The maximum atomic E-state index is 13.3. The molecule has 180 valence electrons. The fourth-order valence-corrected chi connectivity index (χ4v) is 6.59. The number of hydrogen-bond acceptors (Lipinski definition) is 6. The van der Waals surface area contributed by atoms with E-state index in [2.05, 4.69) is 15.2 Å². The summed E-state index contributed by atoms with van der Waals surface area (Å²) < 4.78 is 48.1. The van der Waals surface area contributed by atoms with Gasteiger partial charge in [0.15, 0.2) is 5.58 Å². The minimum absolute atomic E-state index is 0.298. The highest BCUT2D eigenvalue weighted by Gasteiger charge is 2.19. The van der Waals surface area contributed by atoms with Gasteiger partial charge in [0.2, 0.25) is 0 Å². The Labute approximate surface area is 206 Å². The largest absolute Gasteiger partial charge is 0.356 e. The van der Waals surface area contributed by atoms with Crippen LogP contribution in [-0.2, 0) is 23.0 Å². The number of sulfonamides is 1. The van der Waals surface area contributed by atoms with E-state index in [4.69, 9.17) is 4.52 Å². The van der Waals surface area contributed by atoms with Crippen LogP contribution < -0.4 is 10.0 Å². The maximum Gasteiger partial charge on any atom is 0.263 e. The average Bonchev–Trinajstić information content (AvgIpc) is 3.45. The Balaban J connectivity index is 1.12. The topological polar surface area (TPSA) is 84.2 Å². The van der Waals surface area contributed by atoms with E-state index in [0.29, 0.717) is 22.7 Å². The van der Waals surface area contributed by atoms with Crippen molar-refractivity contribution in [2.24, 2.45) is 0 Å². The highest BCUT2D eigenvalue weighted by molar-refractivity contribution is 7.93. The van der Waals surface area contributed by atoms with Crippen molar-refractivity contribution in [2.45, 2.75) is 30.7 Å². The van der Waals surface area contributed by atoms with E-state index in [-0.39, 0.29) is 5.82 Å². The summed E-state index contributed by atoms with van der Waals surface area (Å²) in [6, 6.07) is 19.4. The number of halogens is 1. The van der Waals surface area contributed by atoms with Gasteiger partial charge in [-0.3, -0.25) is 4.72 Å². The van der Waals surface area contributed by atoms with Gasteiger partial charge in [-0.1, -0.05) is 35.5 Å². The van der Waals surface area contributed by atoms with Gasteiger partial charge in [-0.2, -0.15) is 0 Å². The second kappa shape index (κ2) is 10.2. The molecule has 0 aliphatic rings. The SMILES string of the molecule is O=S(=O)(Nc1cccc(CNCCCCc2noc3cc(F)ccc23)c1)c1csc2ccccc12. The summed E-state index contributed by atoms with van der Waals surface area (Å²) in [6.07, 6.45) is 2.61. The van der Waals surface area contributed by atoms with Crippen molar-refractivity contribution in [1.82, 2.24) is 10.5 Å². The molecule has 0 unspecified atom stereocenters. The molecule has 0 radical (unpaired) electrons. The fourth-order valence-electron chi connectivity index (χ4n) is 4.04. The molecule has 9 heteroatoms. The van der Waals surface area contributed by atoms with Gasteiger partial charge in [0.1, 0.15) is 10.7 Å². The second-order valence-corrected chi connectivity index (χ2v) is 10.9. The number of thiophene rings is 1. The van der Waals surface area contributed by atoms with Gasteiger partial charge in [0, 0.05) is 39.2 Å². The Bertz CT molecular complexity index is 1580. The lowest BCUT2D eigenvalue weighted by molar-refractivity contribution is 0.442. The summed E-state index contributed by atoms with van der Waals surface area (Å²) in [5, 5.41) is 10.7. The van der Waals surface area contributed by atoms with E-state index in [0.717, 1.165) is 52.5 Å². The predicted octanol–water partition coefficient (Wildman–Crippen LogP) is 6.09. The van der Waals surface area contributed by atoms with Gasteiger partial charge in [-0.25, -0.2) is 12.8 Å². The number of nitrogens with zero attached hydrogens (tertiary/aromatic N) is 1. The zero-order chi connectivity index (χ0) is 24.3. The molecule has 0 atom stereocenters. The van der Waals surface area contributed by atoms with Crippen molar-refractivity contribution in [3.05, 3.63) is 89.2 Å². The van der Waals surface area contributed by atoms with Crippen molar-refractivity contribution < 1.29 is 17.3 Å². The summed E-state index contributed by atoms with van der Waals surface area (Å²) in [5.74, 6) is -0.332. The molecule has 2 heterocycles. The van der Waals surface area contributed by atoms with Crippen LogP contribution in [0.2, 0.25) is 0 Å². The Morgan fingerprint density at radius 3 is 2.77 bits per heavy atom. The highest BCUT2D eigenvalue weighted by atomic mass is 32.2. The van der Waals surface area contributed by atoms with Gasteiger partial charge >= 0.3 is 0 Å². The van der Waals surface area contributed by atoms with Crippen LogP contribution in [0.25, 0.3) is 21.1 Å². The first-order valence-electron chi connectivity index (χ1n) is 11.3. The molecule has 0 saturated heterocycles. The predicted molar refractivity (Wildman–Crippen MR) is 138 cm³/mol. The molecule has 3 aromatic carbocycles. The molecular weight excluding hydrogens is 485 g/mol. The van der Waals surface area contributed by atoms with Crippen LogP contribution >= 0.6 is 11.3 Å². The zero-order valence-corrected chi connectivity index (χ0v) is 20.5. The third-order valence-corrected chi connectivity index (χ3v) is 8.30. The molecular formula is C26H24FN3O3S2. The second-order valence-electron chi connectivity index (χ2n) is 8.31. The van der Waals surface area contributed by atoms with Crippen LogP contribution in [0, 0.1) is 5.82 Å². The molecule has 6 nitrogen and oxygen atoms in total. The lowest BCUT2D eigenvalue weighted by Gasteiger charge is -2.10. The van der Waals surface area contributed by atoms with E-state index in [9.17, 15) is 12.8 Å². The third-order valence-electron chi connectivity index (χ3n) is 5.77. The van der Waals surface area contributed by atoms with E-state index >= 15 is 0 Å². The molecule has 5 aromatic rings. The lowest BCUT2D eigenvalue weighted by atomic mass is 10.1. The first-order valence-corrected chi connectivity index (χ1v) is 13.7. The van der Waals surface area contributed by atoms with Crippen molar-refractivity contribution in [3.63, 3.8) is 0 Å². The summed E-state index contributed by atoms with van der Waals surface area (Å²) in [7, 11) is -3.68. The van der Waals surface area contributed by atoms with Crippen molar-refractivity contribution in [3.8, 4) is 0 Å². The Hall–Kier alpha value is -3.27. The number of rotatable bonds is 10. The summed E-state index contributed by atoms with van der Waals surface area (Å²) in [4.78, 5) is 0.298. The lowest BCUT2D eigenvalue weighted by Crippen LogP contribution is -2.16. The molecule has 0 fully saturated rings. The maximum absolute atomic E-state index is 13.3. The van der Waals surface area contributed by atoms with Crippen LogP contribution in [0.1, 0.15) is 24.1 Å². The van der Waals surface area contributed by atoms with Gasteiger partial charge in [0.05, 0.1) is 5.69 Å². The van der Waals surface area contributed by atoms with E-state index in [1.54, 1.807) is 17.5 Å². The Morgan fingerprint density at radius 2 is 1.86 bits per heavy atom. The average molecular weight is 510 g/mol. The number of benzene rings is 3. The summed E-state index contributed by atoms with van der Waals surface area (Å²) >= 11 is 1.42. The molecule has 0 bridgehead atoms. The fraction of sp³-hybridized carbons (Fsp3) is 0.192. The molecule has 0 spiro atoms. The summed E-state index contributed by atoms with van der Waals surface area (Å²) in [6.45, 7) is 1.43. The Kier molecular flexibility index (Phi) is 6.81. The number of fused-ring (bicyclic) bond motifs is 2. The van der Waals surface area contributed by atoms with Crippen molar-refractivity contribution in [2.75, 3.05) is 11.3 Å².